The largest absolute Gasteiger partial charge is 0.504 e. The van der Waals surface area contributed by atoms with E-state index in [1.165, 1.54) is 0 Å². The van der Waals surface area contributed by atoms with E-state index in [9.17, 15) is 20.7 Å². The number of nitrogens with zero attached hydrogens (tertiary/aromatic N) is 2. The molecule has 1 aliphatic heterocycles. The molecule has 3 aromatic rings. The number of fused-ring (bicyclic) bond motifs is 6. The fraction of sp³-hybridized carbons (Fsp3) is 0.355. The number of nitriles is 2. The minimum absolute atomic E-state index is 0.0940. The Hall–Kier alpha value is -3.20. The van der Waals surface area contributed by atoms with Crippen molar-refractivity contribution in [1.29, 1.82) is 10.5 Å². The predicted molar refractivity (Wildman–Crippen MR) is 154 cm³/mol. The Morgan fingerprint density at radius 1 is 0.795 bits per heavy atom. The third-order valence-corrected chi connectivity index (χ3v) is 9.79. The van der Waals surface area contributed by atoms with Gasteiger partial charge in [-0.2, -0.15) is 10.5 Å². The standard InChI is InChI=1S/C31H26Br2N2O4/c1-29(2)13-31(23-17(9-32)25(37)21(36)7-19(23)29)14-30(3,4)20-8-22-28(18(10-33)24(20)31)39-27-16(12-35)6-5-15(11-34)26(27)38-22/h5-8,36-37H,9-10,13-14H2,1-4H3. The van der Waals surface area contributed by atoms with Crippen LogP contribution in [0, 0.1) is 22.7 Å². The summed E-state index contributed by atoms with van der Waals surface area (Å²) >= 11 is 7.33. The van der Waals surface area contributed by atoms with Gasteiger partial charge in [0, 0.05) is 27.2 Å². The van der Waals surface area contributed by atoms with Gasteiger partial charge in [0.05, 0.1) is 11.1 Å². The lowest BCUT2D eigenvalue weighted by molar-refractivity contribution is 0.345. The molecule has 3 aliphatic rings. The van der Waals surface area contributed by atoms with Crippen molar-refractivity contribution in [1.82, 2.24) is 0 Å². The lowest BCUT2D eigenvalue weighted by Crippen LogP contribution is -2.28. The van der Waals surface area contributed by atoms with Crippen molar-refractivity contribution in [2.24, 2.45) is 0 Å². The van der Waals surface area contributed by atoms with Gasteiger partial charge >= 0.3 is 0 Å². The van der Waals surface area contributed by atoms with Crippen LogP contribution in [0.3, 0.4) is 0 Å². The van der Waals surface area contributed by atoms with Crippen molar-refractivity contribution in [2.45, 2.75) is 67.4 Å². The van der Waals surface area contributed by atoms with Crippen LogP contribution in [-0.4, -0.2) is 10.2 Å². The average Bonchev–Trinajstić information content (AvgIpc) is 3.25. The van der Waals surface area contributed by atoms with Crippen LogP contribution in [0.2, 0.25) is 0 Å². The second-order valence-electron chi connectivity index (χ2n) is 12.0. The SMILES string of the molecule is CC1(C)CC2(CC(C)(C)c3cc4c(c(CBr)c32)Oc2c(C#N)ccc(C#N)c2O4)c2c1cc(O)c(O)c2CBr. The zero-order valence-electron chi connectivity index (χ0n) is 22.0. The average molecular weight is 650 g/mol. The quantitative estimate of drug-likeness (QED) is 0.168. The Labute approximate surface area is 244 Å². The molecule has 3 aromatic carbocycles. The van der Waals surface area contributed by atoms with E-state index < -0.39 is 5.41 Å². The molecular formula is C31H26Br2N2O4. The van der Waals surface area contributed by atoms with Crippen molar-refractivity contribution < 1.29 is 19.7 Å². The molecule has 1 unspecified atom stereocenters. The Kier molecular flexibility index (Phi) is 5.61. The topological polar surface area (TPSA) is 106 Å². The lowest BCUT2D eigenvalue weighted by Gasteiger charge is -2.34. The zero-order valence-corrected chi connectivity index (χ0v) is 25.2. The van der Waals surface area contributed by atoms with E-state index in [0.717, 1.165) is 40.7 Å². The number of halogens is 2. The van der Waals surface area contributed by atoms with Crippen LogP contribution in [0.25, 0.3) is 0 Å². The highest BCUT2D eigenvalue weighted by Crippen LogP contribution is 2.68. The van der Waals surface area contributed by atoms with E-state index in [0.29, 0.717) is 38.8 Å². The van der Waals surface area contributed by atoms with Gasteiger partial charge in [0.25, 0.3) is 0 Å². The van der Waals surface area contributed by atoms with Crippen molar-refractivity contribution in [3.8, 4) is 46.6 Å². The molecule has 0 amide bonds. The summed E-state index contributed by atoms with van der Waals surface area (Å²) in [7, 11) is 0. The number of rotatable bonds is 2. The van der Waals surface area contributed by atoms with Crippen LogP contribution in [0.4, 0.5) is 0 Å². The molecule has 0 bridgehead atoms. The summed E-state index contributed by atoms with van der Waals surface area (Å²) in [5.41, 5.74) is 5.55. The highest BCUT2D eigenvalue weighted by atomic mass is 79.9. The number of benzene rings is 3. The summed E-state index contributed by atoms with van der Waals surface area (Å²) in [6.07, 6.45) is 1.58. The summed E-state index contributed by atoms with van der Waals surface area (Å²) in [5.74, 6) is 1.33. The molecule has 1 spiro atoms. The van der Waals surface area contributed by atoms with Gasteiger partial charge in [-0.05, 0) is 70.2 Å². The summed E-state index contributed by atoms with van der Waals surface area (Å²) in [6, 6.07) is 11.2. The van der Waals surface area contributed by atoms with Crippen LogP contribution in [0.5, 0.6) is 34.5 Å². The molecule has 6 nitrogen and oxygen atoms in total. The van der Waals surface area contributed by atoms with Gasteiger partial charge in [0.1, 0.15) is 12.1 Å². The molecule has 1 atom stereocenters. The molecule has 0 aromatic heterocycles. The van der Waals surface area contributed by atoms with Crippen molar-refractivity contribution in [3.63, 3.8) is 0 Å². The van der Waals surface area contributed by atoms with Crippen LogP contribution < -0.4 is 9.47 Å². The molecule has 2 N–H and O–H groups in total. The summed E-state index contributed by atoms with van der Waals surface area (Å²) < 4.78 is 12.8. The van der Waals surface area contributed by atoms with Gasteiger partial charge < -0.3 is 19.7 Å². The van der Waals surface area contributed by atoms with Crippen LogP contribution >= 0.6 is 31.9 Å². The minimum atomic E-state index is -0.458. The number of alkyl halides is 2. The van der Waals surface area contributed by atoms with Crippen LogP contribution in [0.15, 0.2) is 24.3 Å². The highest BCUT2D eigenvalue weighted by molar-refractivity contribution is 9.08. The van der Waals surface area contributed by atoms with Gasteiger partial charge in [-0.1, -0.05) is 59.6 Å². The third-order valence-electron chi connectivity index (χ3n) is 8.66. The van der Waals surface area contributed by atoms with Gasteiger partial charge in [-0.25, -0.2) is 0 Å². The maximum atomic E-state index is 11.0. The zero-order chi connectivity index (χ0) is 28.1. The lowest BCUT2D eigenvalue weighted by atomic mass is 9.70. The molecule has 6 rings (SSSR count). The fourth-order valence-electron chi connectivity index (χ4n) is 7.41. The predicted octanol–water partition coefficient (Wildman–Crippen LogP) is 8.18. The maximum Gasteiger partial charge on any atom is 0.189 e. The fourth-order valence-corrected chi connectivity index (χ4v) is 8.49. The normalized spacial score (nSPS) is 20.6. The number of aromatic hydroxyl groups is 2. The van der Waals surface area contributed by atoms with Gasteiger partial charge in [-0.15, -0.1) is 0 Å². The van der Waals surface area contributed by atoms with Gasteiger partial charge in [-0.3, -0.25) is 0 Å². The smallest absolute Gasteiger partial charge is 0.189 e. The van der Waals surface area contributed by atoms with Gasteiger partial charge in [0.15, 0.2) is 34.5 Å². The van der Waals surface area contributed by atoms with Crippen LogP contribution in [-0.2, 0) is 26.9 Å². The van der Waals surface area contributed by atoms with Crippen molar-refractivity contribution in [3.05, 3.63) is 68.8 Å². The van der Waals surface area contributed by atoms with E-state index in [1.54, 1.807) is 18.2 Å². The molecule has 0 saturated heterocycles. The first-order valence-corrected chi connectivity index (χ1v) is 14.9. The van der Waals surface area contributed by atoms with Crippen molar-refractivity contribution in [2.75, 3.05) is 0 Å². The molecule has 8 heteroatoms. The maximum absolute atomic E-state index is 11.0. The molecule has 0 fully saturated rings. The second-order valence-corrected chi connectivity index (χ2v) is 13.1. The number of ether oxygens (including phenoxy) is 2. The first-order chi connectivity index (χ1) is 18.4. The minimum Gasteiger partial charge on any atom is -0.504 e. The molecule has 0 radical (unpaired) electrons. The summed E-state index contributed by atoms with van der Waals surface area (Å²) in [5, 5.41) is 42.0. The first kappa shape index (κ1) is 26.0. The molecule has 1 heterocycles. The molecule has 2 aliphatic carbocycles. The van der Waals surface area contributed by atoms with E-state index >= 15 is 0 Å². The number of phenols is 2. The Balaban J connectivity index is 1.69. The van der Waals surface area contributed by atoms with E-state index in [-0.39, 0.29) is 33.8 Å². The third kappa shape index (κ3) is 3.34. The first-order valence-electron chi connectivity index (χ1n) is 12.7. The van der Waals surface area contributed by atoms with Gasteiger partial charge in [0.2, 0.25) is 0 Å². The second kappa shape index (κ2) is 8.40. The number of hydrogen-bond acceptors (Lipinski definition) is 6. The molecular weight excluding hydrogens is 624 g/mol. The van der Waals surface area contributed by atoms with E-state index in [2.05, 4.69) is 71.7 Å². The molecule has 39 heavy (non-hydrogen) atoms. The monoisotopic (exact) mass is 648 g/mol. The Bertz CT molecular complexity index is 1700. The van der Waals surface area contributed by atoms with E-state index in [1.807, 2.05) is 6.07 Å². The number of hydrogen-bond donors (Lipinski definition) is 2. The molecule has 0 saturated carbocycles. The summed E-state index contributed by atoms with van der Waals surface area (Å²) in [6.45, 7) is 8.81. The van der Waals surface area contributed by atoms with Crippen LogP contribution in [0.1, 0.15) is 85.0 Å². The Morgan fingerprint density at radius 2 is 1.31 bits per heavy atom. The highest BCUT2D eigenvalue weighted by Gasteiger charge is 2.59. The summed E-state index contributed by atoms with van der Waals surface area (Å²) in [4.78, 5) is 0. The van der Waals surface area contributed by atoms with E-state index in [4.69, 9.17) is 9.47 Å². The Morgan fingerprint density at radius 3 is 1.85 bits per heavy atom. The molecule has 198 valence electrons. The van der Waals surface area contributed by atoms with Crippen molar-refractivity contribution >= 4 is 31.9 Å². The number of phenolic OH excluding ortho intramolecular Hbond substituents is 2.